The van der Waals surface area contributed by atoms with Gasteiger partial charge >= 0.3 is 0 Å². The number of anilines is 1. The van der Waals surface area contributed by atoms with Crippen LogP contribution in [0.3, 0.4) is 0 Å². The molecule has 2 aromatic rings. The summed E-state index contributed by atoms with van der Waals surface area (Å²) < 4.78 is 0. The summed E-state index contributed by atoms with van der Waals surface area (Å²) in [6.45, 7) is 0.516. The summed E-state index contributed by atoms with van der Waals surface area (Å²) in [6, 6.07) is 13.9. The summed E-state index contributed by atoms with van der Waals surface area (Å²) in [5.41, 5.74) is 7.29. The number of nitrogens with zero attached hydrogens (tertiary/aromatic N) is 3. The number of nitrogens with one attached hydrogen (secondary N) is 3. The van der Waals surface area contributed by atoms with E-state index >= 15 is 0 Å². The average molecular weight is 406 g/mol. The minimum absolute atomic E-state index is 0.168. The van der Waals surface area contributed by atoms with Crippen molar-refractivity contribution in [2.75, 3.05) is 19.3 Å². The molecule has 8 nitrogen and oxygen atoms in total. The summed E-state index contributed by atoms with van der Waals surface area (Å²) in [5.74, 6) is 0.498. The van der Waals surface area contributed by atoms with Gasteiger partial charge < -0.3 is 16.4 Å². The zero-order chi connectivity index (χ0) is 21.4. The van der Waals surface area contributed by atoms with Crippen LogP contribution in [0, 0.1) is 11.5 Å². The lowest BCUT2D eigenvalue weighted by Gasteiger charge is -2.41. The molecule has 1 aliphatic carbocycles. The zero-order valence-corrected chi connectivity index (χ0v) is 17.1. The van der Waals surface area contributed by atoms with Gasteiger partial charge in [-0.3, -0.25) is 15.1 Å². The molecule has 156 valence electrons. The van der Waals surface area contributed by atoms with Gasteiger partial charge in [0.1, 0.15) is 5.82 Å². The highest BCUT2D eigenvalue weighted by atomic mass is 16.1. The van der Waals surface area contributed by atoms with Crippen molar-refractivity contribution in [3.63, 3.8) is 0 Å². The minimum atomic E-state index is -0.213. The molecule has 0 saturated heterocycles. The maximum Gasteiger partial charge on any atom is 0.255 e. The van der Waals surface area contributed by atoms with E-state index in [0.29, 0.717) is 18.1 Å². The molecular weight excluding hydrogens is 378 g/mol. The smallest absolute Gasteiger partial charge is 0.255 e. The molecule has 1 saturated carbocycles. The fraction of sp³-hybridized carbons (Fsp3) is 0.364. The Hall–Kier alpha value is -3.60. The van der Waals surface area contributed by atoms with Crippen molar-refractivity contribution in [3.8, 4) is 6.19 Å². The Morgan fingerprint density at radius 2 is 2.00 bits per heavy atom. The molecule has 1 amide bonds. The van der Waals surface area contributed by atoms with E-state index in [1.807, 2.05) is 24.4 Å². The number of carbonyl (C=O) groups is 1. The Kier molecular flexibility index (Phi) is 6.86. The van der Waals surface area contributed by atoms with E-state index in [2.05, 4.69) is 38.1 Å². The minimum Gasteiger partial charge on any atom is -0.383 e. The van der Waals surface area contributed by atoms with Crippen molar-refractivity contribution in [1.82, 2.24) is 20.9 Å². The van der Waals surface area contributed by atoms with E-state index in [-0.39, 0.29) is 23.2 Å². The van der Waals surface area contributed by atoms with Gasteiger partial charge in [-0.2, -0.15) is 5.26 Å². The zero-order valence-electron chi connectivity index (χ0n) is 17.1. The Morgan fingerprint density at radius 1 is 1.27 bits per heavy atom. The van der Waals surface area contributed by atoms with Crippen molar-refractivity contribution in [2.24, 2.45) is 4.99 Å². The van der Waals surface area contributed by atoms with Gasteiger partial charge in [0, 0.05) is 31.2 Å². The Balaban J connectivity index is 1.72. The Morgan fingerprint density at radius 3 is 2.63 bits per heavy atom. The third-order valence-electron chi connectivity index (χ3n) is 5.74. The fourth-order valence-corrected chi connectivity index (χ4v) is 4.03. The lowest BCUT2D eigenvalue weighted by atomic mass is 9.68. The summed E-state index contributed by atoms with van der Waals surface area (Å²) in [5, 5.41) is 17.8. The third-order valence-corrected chi connectivity index (χ3v) is 5.74. The van der Waals surface area contributed by atoms with Crippen LogP contribution in [0.15, 0.2) is 53.7 Å². The molecule has 0 radical (unpaired) electrons. The van der Waals surface area contributed by atoms with Gasteiger partial charge in [0.25, 0.3) is 5.91 Å². The van der Waals surface area contributed by atoms with Gasteiger partial charge in [0.05, 0.1) is 5.56 Å². The van der Waals surface area contributed by atoms with Gasteiger partial charge in [-0.1, -0.05) is 30.3 Å². The standard InChI is InChI=1S/C22H27N7O/c1-25-21(28-15-23)29-17-9-11-22(12-10-17,16-6-3-2-4-7-16)14-27-20(30)18-8-5-13-26-19(18)24/h2-8,13,17H,9-12,14H2,1H3,(H2,24,26)(H,27,30)(H2,25,28,29). The molecule has 1 aromatic carbocycles. The van der Waals surface area contributed by atoms with Crippen LogP contribution in [0.5, 0.6) is 0 Å². The van der Waals surface area contributed by atoms with Crippen molar-refractivity contribution >= 4 is 17.7 Å². The molecule has 0 spiro atoms. The van der Waals surface area contributed by atoms with Crippen LogP contribution in [0.25, 0.3) is 0 Å². The number of hydrogen-bond donors (Lipinski definition) is 4. The first-order valence-corrected chi connectivity index (χ1v) is 10.0. The topological polar surface area (TPSA) is 128 Å². The third kappa shape index (κ3) is 4.87. The monoisotopic (exact) mass is 405 g/mol. The summed E-state index contributed by atoms with van der Waals surface area (Å²) in [6.07, 6.45) is 7.04. The maximum atomic E-state index is 12.7. The summed E-state index contributed by atoms with van der Waals surface area (Å²) in [4.78, 5) is 20.8. The number of aromatic nitrogens is 1. The molecule has 5 N–H and O–H groups in total. The first-order valence-electron chi connectivity index (χ1n) is 10.0. The largest absolute Gasteiger partial charge is 0.383 e. The average Bonchev–Trinajstić information content (AvgIpc) is 2.79. The van der Waals surface area contributed by atoms with Gasteiger partial charge in [-0.15, -0.1) is 0 Å². The Labute approximate surface area is 176 Å². The summed E-state index contributed by atoms with van der Waals surface area (Å²) in [7, 11) is 1.64. The fourth-order valence-electron chi connectivity index (χ4n) is 4.03. The number of hydrogen-bond acceptors (Lipinski definition) is 5. The highest BCUT2D eigenvalue weighted by Crippen LogP contribution is 2.39. The number of guanidine groups is 1. The van der Waals surface area contributed by atoms with E-state index < -0.39 is 0 Å². The van der Waals surface area contributed by atoms with Crippen LogP contribution >= 0.6 is 0 Å². The molecule has 1 heterocycles. The Bertz CT molecular complexity index is 928. The van der Waals surface area contributed by atoms with Crippen LogP contribution < -0.4 is 21.7 Å². The van der Waals surface area contributed by atoms with Crippen molar-refractivity contribution < 1.29 is 4.79 Å². The summed E-state index contributed by atoms with van der Waals surface area (Å²) >= 11 is 0. The number of pyridine rings is 1. The van der Waals surface area contributed by atoms with Crippen LogP contribution in [0.1, 0.15) is 41.6 Å². The normalized spacial score (nSPS) is 21.3. The second-order valence-electron chi connectivity index (χ2n) is 7.49. The number of nitrogens with two attached hydrogens (primary N) is 1. The van der Waals surface area contributed by atoms with Crippen LogP contribution in [0.2, 0.25) is 0 Å². The van der Waals surface area contributed by atoms with Gasteiger partial charge in [0.15, 0.2) is 6.19 Å². The molecule has 0 unspecified atom stereocenters. The molecule has 3 rings (SSSR count). The number of amides is 1. The first kappa shape index (κ1) is 21.1. The molecule has 1 fully saturated rings. The van der Waals surface area contributed by atoms with Gasteiger partial charge in [-0.25, -0.2) is 4.98 Å². The van der Waals surface area contributed by atoms with Crippen molar-refractivity contribution in [2.45, 2.75) is 37.1 Å². The lowest BCUT2D eigenvalue weighted by Crippen LogP contribution is -2.49. The highest BCUT2D eigenvalue weighted by Gasteiger charge is 2.37. The van der Waals surface area contributed by atoms with Crippen molar-refractivity contribution in [1.29, 1.82) is 5.26 Å². The van der Waals surface area contributed by atoms with E-state index in [1.54, 1.807) is 25.4 Å². The molecular formula is C22H27N7O. The second-order valence-corrected chi connectivity index (χ2v) is 7.49. The predicted molar refractivity (Wildman–Crippen MR) is 117 cm³/mol. The van der Waals surface area contributed by atoms with Gasteiger partial charge in [0.2, 0.25) is 5.96 Å². The molecule has 0 bridgehead atoms. The van der Waals surface area contributed by atoms with Crippen LogP contribution in [-0.2, 0) is 5.41 Å². The predicted octanol–water partition coefficient (Wildman–Crippen LogP) is 1.92. The SMILES string of the molecule is CN=C(NC#N)NC1CCC(CNC(=O)c2cccnc2N)(c2ccccc2)CC1. The van der Waals surface area contributed by atoms with E-state index in [0.717, 1.165) is 25.7 Å². The maximum absolute atomic E-state index is 12.7. The van der Waals surface area contributed by atoms with E-state index in [1.165, 1.54) is 5.56 Å². The molecule has 30 heavy (non-hydrogen) atoms. The first-order chi connectivity index (χ1) is 14.6. The number of carbonyl (C=O) groups excluding carboxylic acids is 1. The van der Waals surface area contributed by atoms with Crippen LogP contribution in [-0.4, -0.2) is 36.5 Å². The molecule has 8 heteroatoms. The number of rotatable bonds is 5. The second kappa shape index (κ2) is 9.74. The number of nitriles is 1. The number of nitrogen functional groups attached to an aromatic ring is 1. The lowest BCUT2D eigenvalue weighted by molar-refractivity contribution is 0.0935. The highest BCUT2D eigenvalue weighted by molar-refractivity contribution is 5.98. The van der Waals surface area contributed by atoms with E-state index in [4.69, 9.17) is 11.0 Å². The number of aliphatic imine (C=N–C) groups is 1. The van der Waals surface area contributed by atoms with Crippen molar-refractivity contribution in [3.05, 3.63) is 59.8 Å². The number of benzene rings is 1. The van der Waals surface area contributed by atoms with E-state index in [9.17, 15) is 4.79 Å². The van der Waals surface area contributed by atoms with Crippen LogP contribution in [0.4, 0.5) is 5.82 Å². The quantitative estimate of drug-likeness (QED) is 0.260. The molecule has 0 atom stereocenters. The van der Waals surface area contributed by atoms with Gasteiger partial charge in [-0.05, 0) is 43.4 Å². The molecule has 0 aliphatic heterocycles. The molecule has 1 aliphatic rings. The molecule has 1 aromatic heterocycles.